The molecule has 0 radical (unpaired) electrons. The van der Waals surface area contributed by atoms with Crippen LogP contribution in [-0.4, -0.2) is 5.04 Å². The van der Waals surface area contributed by atoms with Crippen LogP contribution in [0.15, 0.2) is 29.8 Å². The van der Waals surface area contributed by atoms with Gasteiger partial charge in [0.15, 0.2) is 0 Å². The molecule has 0 bridgehead atoms. The van der Waals surface area contributed by atoms with Gasteiger partial charge in [-0.2, -0.15) is 0 Å². The van der Waals surface area contributed by atoms with Crippen LogP contribution in [0.4, 0.5) is 0 Å². The lowest BCUT2D eigenvalue weighted by atomic mass is 10.1. The van der Waals surface area contributed by atoms with Crippen LogP contribution in [0.5, 0.6) is 0 Å². The molecule has 0 saturated heterocycles. The van der Waals surface area contributed by atoms with Crippen LogP contribution < -0.4 is 0 Å². The highest BCUT2D eigenvalue weighted by molar-refractivity contribution is 8.16. The molecular formula is C10H17NS. The summed E-state index contributed by atoms with van der Waals surface area (Å²) in [5, 5.41) is 2.93. The molecule has 0 aromatic heterocycles. The lowest BCUT2D eigenvalue weighted by molar-refractivity contribution is 0.674. The van der Waals surface area contributed by atoms with Crippen LogP contribution in [-0.2, 0) is 0 Å². The summed E-state index contributed by atoms with van der Waals surface area (Å²) in [5.74, 6) is 0.524. The summed E-state index contributed by atoms with van der Waals surface area (Å²) < 4.78 is 0. The van der Waals surface area contributed by atoms with Gasteiger partial charge in [0.2, 0.25) is 0 Å². The SMILES string of the molecule is C=CN=C(SC=C)C(C)CCC. The van der Waals surface area contributed by atoms with Crippen molar-refractivity contribution in [1.82, 2.24) is 0 Å². The van der Waals surface area contributed by atoms with Gasteiger partial charge in [0.05, 0.1) is 5.04 Å². The number of hydrogen-bond donors (Lipinski definition) is 0. The second kappa shape index (κ2) is 7.17. The van der Waals surface area contributed by atoms with Gasteiger partial charge >= 0.3 is 0 Å². The van der Waals surface area contributed by atoms with E-state index in [-0.39, 0.29) is 0 Å². The molecule has 0 N–H and O–H groups in total. The van der Waals surface area contributed by atoms with Gasteiger partial charge in [-0.1, -0.05) is 45.2 Å². The quantitative estimate of drug-likeness (QED) is 0.466. The van der Waals surface area contributed by atoms with Gasteiger partial charge < -0.3 is 0 Å². The van der Waals surface area contributed by atoms with Crippen molar-refractivity contribution in [2.24, 2.45) is 10.9 Å². The van der Waals surface area contributed by atoms with Gasteiger partial charge in [0.25, 0.3) is 0 Å². The Labute approximate surface area is 79.7 Å². The van der Waals surface area contributed by atoms with Gasteiger partial charge in [0.1, 0.15) is 0 Å². The Balaban J connectivity index is 4.17. The number of thioether (sulfide) groups is 1. The average molecular weight is 183 g/mol. The Morgan fingerprint density at radius 3 is 2.67 bits per heavy atom. The van der Waals surface area contributed by atoms with Gasteiger partial charge in [-0.25, -0.2) is 0 Å². The van der Waals surface area contributed by atoms with Crippen LogP contribution in [0.2, 0.25) is 0 Å². The van der Waals surface area contributed by atoms with Crippen LogP contribution in [0, 0.1) is 5.92 Å². The number of rotatable bonds is 5. The number of nitrogens with zero attached hydrogens (tertiary/aromatic N) is 1. The van der Waals surface area contributed by atoms with E-state index in [9.17, 15) is 0 Å². The minimum absolute atomic E-state index is 0.524. The van der Waals surface area contributed by atoms with Crippen molar-refractivity contribution in [2.45, 2.75) is 26.7 Å². The van der Waals surface area contributed by atoms with Crippen molar-refractivity contribution >= 4 is 16.8 Å². The van der Waals surface area contributed by atoms with Crippen LogP contribution in [0.1, 0.15) is 26.7 Å². The third-order valence-corrected chi connectivity index (χ3v) is 2.48. The molecule has 1 atom stereocenters. The topological polar surface area (TPSA) is 12.4 Å². The first-order valence-electron chi connectivity index (χ1n) is 4.22. The fourth-order valence-corrected chi connectivity index (χ4v) is 1.66. The van der Waals surface area contributed by atoms with Crippen molar-refractivity contribution in [3.8, 4) is 0 Å². The normalized spacial score (nSPS) is 14.0. The number of hydrogen-bond acceptors (Lipinski definition) is 2. The van der Waals surface area contributed by atoms with Crippen molar-refractivity contribution in [1.29, 1.82) is 0 Å². The van der Waals surface area contributed by atoms with Crippen molar-refractivity contribution < 1.29 is 0 Å². The fourth-order valence-electron chi connectivity index (χ4n) is 1.01. The summed E-state index contributed by atoms with van der Waals surface area (Å²) >= 11 is 1.59. The molecule has 68 valence electrons. The van der Waals surface area contributed by atoms with Crippen molar-refractivity contribution in [3.63, 3.8) is 0 Å². The van der Waals surface area contributed by atoms with Crippen LogP contribution >= 0.6 is 11.8 Å². The standard InChI is InChI=1S/C10H17NS/c1-5-8-9(4)10(11-6-2)12-7-3/h6-7,9H,2-3,5,8H2,1,4H3. The Morgan fingerprint density at radius 2 is 2.25 bits per heavy atom. The highest BCUT2D eigenvalue weighted by atomic mass is 32.2. The van der Waals surface area contributed by atoms with E-state index in [1.807, 2.05) is 5.41 Å². The lowest BCUT2D eigenvalue weighted by Gasteiger charge is -2.10. The second-order valence-electron chi connectivity index (χ2n) is 2.62. The summed E-state index contributed by atoms with van der Waals surface area (Å²) in [7, 11) is 0. The summed E-state index contributed by atoms with van der Waals surface area (Å²) in [5.41, 5.74) is 0. The molecule has 0 amide bonds. The van der Waals surface area contributed by atoms with Crippen LogP contribution in [0.25, 0.3) is 0 Å². The van der Waals surface area contributed by atoms with Crippen LogP contribution in [0.3, 0.4) is 0 Å². The third kappa shape index (κ3) is 4.39. The zero-order valence-corrected chi connectivity index (χ0v) is 8.73. The summed E-state index contributed by atoms with van der Waals surface area (Å²) in [6.07, 6.45) is 3.96. The molecule has 12 heavy (non-hydrogen) atoms. The predicted molar refractivity (Wildman–Crippen MR) is 59.5 cm³/mol. The van der Waals surface area contributed by atoms with E-state index in [0.717, 1.165) is 5.04 Å². The molecule has 0 aliphatic rings. The molecule has 2 heteroatoms. The summed E-state index contributed by atoms with van der Waals surface area (Å²) in [6.45, 7) is 11.6. The fraction of sp³-hybridized carbons (Fsp3) is 0.500. The predicted octanol–water partition coefficient (Wildman–Crippen LogP) is 3.84. The maximum atomic E-state index is 4.20. The molecule has 0 aliphatic carbocycles. The van der Waals surface area contributed by atoms with Gasteiger partial charge in [-0.15, -0.1) is 0 Å². The molecular weight excluding hydrogens is 166 g/mol. The zero-order valence-electron chi connectivity index (χ0n) is 7.92. The molecule has 1 unspecified atom stereocenters. The molecule has 0 heterocycles. The van der Waals surface area contributed by atoms with E-state index in [1.165, 1.54) is 12.8 Å². The molecule has 0 aliphatic heterocycles. The first kappa shape index (κ1) is 11.5. The molecule has 0 aromatic carbocycles. The molecule has 0 fully saturated rings. The highest BCUT2D eigenvalue weighted by Gasteiger charge is 2.07. The Hall–Kier alpha value is -0.500. The summed E-state index contributed by atoms with van der Waals surface area (Å²) in [4.78, 5) is 4.20. The maximum absolute atomic E-state index is 4.20. The third-order valence-electron chi connectivity index (χ3n) is 1.57. The van der Waals surface area contributed by atoms with E-state index < -0.39 is 0 Å². The van der Waals surface area contributed by atoms with Crippen molar-refractivity contribution in [2.75, 3.05) is 0 Å². The molecule has 0 rings (SSSR count). The first-order chi connectivity index (χ1) is 5.76. The summed E-state index contributed by atoms with van der Waals surface area (Å²) in [6, 6.07) is 0. The molecule has 1 nitrogen and oxygen atoms in total. The maximum Gasteiger partial charge on any atom is 0.0800 e. The highest BCUT2D eigenvalue weighted by Crippen LogP contribution is 2.18. The zero-order chi connectivity index (χ0) is 9.40. The minimum atomic E-state index is 0.524. The van der Waals surface area contributed by atoms with E-state index in [1.54, 1.807) is 18.0 Å². The monoisotopic (exact) mass is 183 g/mol. The Kier molecular flexibility index (Phi) is 6.87. The van der Waals surface area contributed by atoms with Crippen molar-refractivity contribution in [3.05, 3.63) is 24.8 Å². The molecule has 0 aromatic rings. The average Bonchev–Trinajstić information content (AvgIpc) is 2.04. The Bertz CT molecular complexity index is 173. The molecule has 0 spiro atoms. The lowest BCUT2D eigenvalue weighted by Crippen LogP contribution is -2.05. The van der Waals surface area contributed by atoms with Gasteiger partial charge in [-0.05, 0) is 11.8 Å². The van der Waals surface area contributed by atoms with E-state index >= 15 is 0 Å². The largest absolute Gasteiger partial charge is 0.254 e. The Morgan fingerprint density at radius 1 is 1.58 bits per heavy atom. The van der Waals surface area contributed by atoms with Gasteiger partial charge in [0, 0.05) is 12.1 Å². The first-order valence-corrected chi connectivity index (χ1v) is 5.10. The molecule has 0 saturated carbocycles. The minimum Gasteiger partial charge on any atom is -0.254 e. The van der Waals surface area contributed by atoms with E-state index in [2.05, 4.69) is 32.0 Å². The second-order valence-corrected chi connectivity index (χ2v) is 3.61. The number of aliphatic imine (C=N–C) groups is 1. The van der Waals surface area contributed by atoms with E-state index in [0.29, 0.717) is 5.92 Å². The van der Waals surface area contributed by atoms with Gasteiger partial charge in [-0.3, -0.25) is 4.99 Å². The smallest absolute Gasteiger partial charge is 0.0800 e. The van der Waals surface area contributed by atoms with E-state index in [4.69, 9.17) is 0 Å².